The van der Waals surface area contributed by atoms with Gasteiger partial charge in [0, 0.05) is 18.0 Å². The predicted octanol–water partition coefficient (Wildman–Crippen LogP) is 2.64. The van der Waals surface area contributed by atoms with Gasteiger partial charge < -0.3 is 5.11 Å². The van der Waals surface area contributed by atoms with Crippen LogP contribution in [-0.4, -0.2) is 13.3 Å². The van der Waals surface area contributed by atoms with Crippen molar-refractivity contribution in [1.82, 2.24) is 4.98 Å². The molecule has 0 fully saturated rings. The molecule has 1 heterocycles. The molecular weight excluding hydrogens is 265 g/mol. The second-order valence-electron chi connectivity index (χ2n) is 2.23. The standard InChI is InChI=1S/C7H6BrCl2NO/c8-7(9,10)6(12)5-2-1-3-11-4-5/h1-4,6,12H. The molecule has 1 rings (SSSR count). The maximum Gasteiger partial charge on any atom is 0.201 e. The molecule has 0 aliphatic heterocycles. The average Bonchev–Trinajstić information content (AvgIpc) is 2.03. The molecule has 2 nitrogen and oxygen atoms in total. The molecule has 0 amide bonds. The van der Waals surface area contributed by atoms with Crippen molar-refractivity contribution < 1.29 is 5.11 Å². The highest BCUT2D eigenvalue weighted by Crippen LogP contribution is 2.40. The summed E-state index contributed by atoms with van der Waals surface area (Å²) in [4.78, 5) is 3.82. The van der Waals surface area contributed by atoms with Crippen LogP contribution in [0, 0.1) is 0 Å². The maximum atomic E-state index is 9.51. The maximum absolute atomic E-state index is 9.51. The van der Waals surface area contributed by atoms with Crippen molar-refractivity contribution in [1.29, 1.82) is 0 Å². The van der Waals surface area contributed by atoms with Gasteiger partial charge in [0.05, 0.1) is 0 Å². The first-order valence-electron chi connectivity index (χ1n) is 3.16. The molecule has 0 aliphatic carbocycles. The van der Waals surface area contributed by atoms with E-state index >= 15 is 0 Å². The highest BCUT2D eigenvalue weighted by atomic mass is 79.9. The van der Waals surface area contributed by atoms with Crippen molar-refractivity contribution >= 4 is 39.1 Å². The molecule has 0 radical (unpaired) electrons. The molecular formula is C7H6BrCl2NO. The summed E-state index contributed by atoms with van der Waals surface area (Å²) in [5.74, 6) is 0. The summed E-state index contributed by atoms with van der Waals surface area (Å²) in [6.45, 7) is 0. The van der Waals surface area contributed by atoms with Gasteiger partial charge in [-0.25, -0.2) is 0 Å². The first-order chi connectivity index (χ1) is 5.52. The Morgan fingerprint density at radius 2 is 2.25 bits per heavy atom. The minimum absolute atomic E-state index is 0.569. The Bertz CT molecular complexity index is 249. The van der Waals surface area contributed by atoms with Crippen LogP contribution in [0.4, 0.5) is 0 Å². The number of aliphatic hydroxyl groups excluding tert-OH is 1. The van der Waals surface area contributed by atoms with E-state index in [0.29, 0.717) is 5.56 Å². The zero-order chi connectivity index (χ0) is 9.19. The second kappa shape index (κ2) is 3.92. The monoisotopic (exact) mass is 269 g/mol. The minimum Gasteiger partial charge on any atom is -0.384 e. The first-order valence-corrected chi connectivity index (χ1v) is 4.71. The Morgan fingerprint density at radius 3 is 2.67 bits per heavy atom. The third kappa shape index (κ3) is 2.59. The number of nitrogens with zero attached hydrogens (tertiary/aromatic N) is 1. The zero-order valence-electron chi connectivity index (χ0n) is 5.92. The third-order valence-corrected chi connectivity index (χ3v) is 2.16. The number of hydrogen-bond acceptors (Lipinski definition) is 2. The van der Waals surface area contributed by atoms with Crippen molar-refractivity contribution in [3.8, 4) is 0 Å². The van der Waals surface area contributed by atoms with Gasteiger partial charge in [0.1, 0.15) is 6.10 Å². The summed E-state index contributed by atoms with van der Waals surface area (Å²) < 4.78 is -1.37. The smallest absolute Gasteiger partial charge is 0.201 e. The van der Waals surface area contributed by atoms with Crippen LogP contribution < -0.4 is 0 Å². The number of halogens is 3. The van der Waals surface area contributed by atoms with Gasteiger partial charge in [0.25, 0.3) is 0 Å². The van der Waals surface area contributed by atoms with E-state index in [9.17, 15) is 5.11 Å². The van der Waals surface area contributed by atoms with Crippen LogP contribution in [0.1, 0.15) is 11.7 Å². The molecule has 0 aliphatic rings. The summed E-state index contributed by atoms with van der Waals surface area (Å²) >= 11 is 14.2. The van der Waals surface area contributed by atoms with E-state index in [1.807, 2.05) is 0 Å². The van der Waals surface area contributed by atoms with Crippen LogP contribution in [-0.2, 0) is 0 Å². The molecule has 12 heavy (non-hydrogen) atoms. The molecule has 1 aromatic rings. The van der Waals surface area contributed by atoms with E-state index in [1.54, 1.807) is 18.3 Å². The minimum atomic E-state index is -1.37. The number of alkyl halides is 3. The lowest BCUT2D eigenvalue weighted by atomic mass is 10.2. The van der Waals surface area contributed by atoms with Gasteiger partial charge in [0.15, 0.2) is 0 Å². The number of aliphatic hydroxyl groups is 1. The van der Waals surface area contributed by atoms with Gasteiger partial charge in [-0.15, -0.1) is 0 Å². The van der Waals surface area contributed by atoms with Crippen LogP contribution in [0.5, 0.6) is 0 Å². The summed E-state index contributed by atoms with van der Waals surface area (Å²) in [6.07, 6.45) is 2.12. The fourth-order valence-electron chi connectivity index (χ4n) is 0.727. The number of rotatable bonds is 2. The lowest BCUT2D eigenvalue weighted by molar-refractivity contribution is 0.186. The quantitative estimate of drug-likeness (QED) is 0.839. The van der Waals surface area contributed by atoms with Gasteiger partial charge >= 0.3 is 0 Å². The van der Waals surface area contributed by atoms with E-state index < -0.39 is 9.35 Å². The van der Waals surface area contributed by atoms with E-state index in [1.165, 1.54) is 6.20 Å². The van der Waals surface area contributed by atoms with E-state index in [2.05, 4.69) is 20.9 Å². The first kappa shape index (κ1) is 10.3. The largest absolute Gasteiger partial charge is 0.384 e. The van der Waals surface area contributed by atoms with Crippen LogP contribution in [0.25, 0.3) is 0 Å². The number of hydrogen-bond donors (Lipinski definition) is 1. The van der Waals surface area contributed by atoms with Gasteiger partial charge in [-0.1, -0.05) is 29.3 Å². The fourth-order valence-corrected chi connectivity index (χ4v) is 1.24. The van der Waals surface area contributed by atoms with Gasteiger partial charge in [-0.2, -0.15) is 0 Å². The van der Waals surface area contributed by atoms with Gasteiger partial charge in [0.2, 0.25) is 3.24 Å². The molecule has 0 aromatic carbocycles. The van der Waals surface area contributed by atoms with E-state index in [-0.39, 0.29) is 0 Å². The number of aromatic nitrogens is 1. The molecule has 5 heteroatoms. The van der Waals surface area contributed by atoms with Crippen molar-refractivity contribution in [2.24, 2.45) is 0 Å². The van der Waals surface area contributed by atoms with Gasteiger partial charge in [-0.3, -0.25) is 4.98 Å². The van der Waals surface area contributed by atoms with Gasteiger partial charge in [-0.05, 0) is 22.0 Å². The van der Waals surface area contributed by atoms with Crippen LogP contribution in [0.3, 0.4) is 0 Å². The zero-order valence-corrected chi connectivity index (χ0v) is 9.01. The highest BCUT2D eigenvalue weighted by Gasteiger charge is 2.31. The molecule has 0 saturated heterocycles. The van der Waals surface area contributed by atoms with Crippen LogP contribution in [0.2, 0.25) is 0 Å². The summed E-state index contributed by atoms with van der Waals surface area (Å²) in [7, 11) is 0. The lowest BCUT2D eigenvalue weighted by Crippen LogP contribution is -2.15. The molecule has 1 aromatic heterocycles. The second-order valence-corrected chi connectivity index (χ2v) is 5.78. The third-order valence-electron chi connectivity index (χ3n) is 1.31. The molecule has 0 bridgehead atoms. The normalized spacial score (nSPS) is 14.3. The van der Waals surface area contributed by atoms with Crippen molar-refractivity contribution in [2.75, 3.05) is 0 Å². The van der Waals surface area contributed by atoms with E-state index in [0.717, 1.165) is 0 Å². The Kier molecular flexibility index (Phi) is 3.35. The van der Waals surface area contributed by atoms with E-state index in [4.69, 9.17) is 23.2 Å². The van der Waals surface area contributed by atoms with Crippen molar-refractivity contribution in [2.45, 2.75) is 9.35 Å². The molecule has 1 unspecified atom stereocenters. The topological polar surface area (TPSA) is 33.1 Å². The fraction of sp³-hybridized carbons (Fsp3) is 0.286. The Labute approximate surface area is 88.6 Å². The summed E-state index contributed by atoms with van der Waals surface area (Å²) in [6, 6.07) is 3.39. The molecule has 0 spiro atoms. The molecule has 1 atom stereocenters. The van der Waals surface area contributed by atoms with Crippen LogP contribution >= 0.6 is 39.1 Å². The average molecular weight is 271 g/mol. The lowest BCUT2D eigenvalue weighted by Gasteiger charge is -2.18. The molecule has 66 valence electrons. The molecule has 1 N–H and O–H groups in total. The Morgan fingerprint density at radius 1 is 1.58 bits per heavy atom. The van der Waals surface area contributed by atoms with Crippen molar-refractivity contribution in [3.05, 3.63) is 30.1 Å². The Hall–Kier alpha value is 0.170. The molecule has 0 saturated carbocycles. The van der Waals surface area contributed by atoms with Crippen LogP contribution in [0.15, 0.2) is 24.5 Å². The predicted molar refractivity (Wildman–Crippen MR) is 52.6 cm³/mol. The highest BCUT2D eigenvalue weighted by molar-refractivity contribution is 9.11. The Balaban J connectivity index is 2.86. The number of pyridine rings is 1. The van der Waals surface area contributed by atoms with Crippen molar-refractivity contribution in [3.63, 3.8) is 0 Å². The summed E-state index contributed by atoms with van der Waals surface area (Å²) in [5, 5.41) is 9.51. The summed E-state index contributed by atoms with van der Waals surface area (Å²) in [5.41, 5.74) is 0.569. The SMILES string of the molecule is OC(c1cccnc1)C(Cl)(Cl)Br.